The number of ether oxygens (including phenoxy) is 3. The summed E-state index contributed by atoms with van der Waals surface area (Å²) in [6, 6.07) is 5.23. The van der Waals surface area contributed by atoms with Gasteiger partial charge in [-0.3, -0.25) is 0 Å². The van der Waals surface area contributed by atoms with Gasteiger partial charge in [0, 0.05) is 24.4 Å². The van der Waals surface area contributed by atoms with Gasteiger partial charge in [-0.2, -0.15) is 0 Å². The Morgan fingerprint density at radius 2 is 2.11 bits per heavy atom. The van der Waals surface area contributed by atoms with Gasteiger partial charge in [-0.15, -0.1) is 6.58 Å². The van der Waals surface area contributed by atoms with Gasteiger partial charge >= 0.3 is 5.97 Å². The van der Waals surface area contributed by atoms with Crippen molar-refractivity contribution in [3.05, 3.63) is 41.4 Å². The molecule has 1 aromatic rings. The molecule has 1 aromatic carbocycles. The highest BCUT2D eigenvalue weighted by Gasteiger charge is 2.42. The zero-order chi connectivity index (χ0) is 19.8. The third-order valence-corrected chi connectivity index (χ3v) is 5.80. The monoisotopic (exact) mass is 392 g/mol. The van der Waals surface area contributed by atoms with Crippen LogP contribution in [0.5, 0.6) is 5.75 Å². The lowest BCUT2D eigenvalue weighted by atomic mass is 9.75. The van der Waals surface area contributed by atoms with Crippen LogP contribution in [0.15, 0.2) is 30.9 Å². The fraction of sp³-hybridized carbons (Fsp3) is 0.591. The Kier molecular flexibility index (Phi) is 5.87. The van der Waals surface area contributed by atoms with Crippen LogP contribution >= 0.6 is 11.6 Å². The largest absolute Gasteiger partial charge is 0.463 e. The molecule has 0 saturated heterocycles. The van der Waals surface area contributed by atoms with Gasteiger partial charge in [-0.25, -0.2) is 4.79 Å². The van der Waals surface area contributed by atoms with Crippen LogP contribution in [-0.4, -0.2) is 17.9 Å². The first-order valence-electron chi connectivity index (χ1n) is 9.69. The minimum atomic E-state index is -0.918. The number of benzene rings is 1. The smallest absolute Gasteiger partial charge is 0.340 e. The third-order valence-electron chi connectivity index (χ3n) is 5.57. The molecule has 3 rings (SSSR count). The van der Waals surface area contributed by atoms with Crippen LogP contribution in [0, 0.1) is 17.8 Å². The lowest BCUT2D eigenvalue weighted by molar-refractivity contribution is -0.224. The normalized spacial score (nSPS) is 29.6. The molecule has 0 amide bonds. The summed E-state index contributed by atoms with van der Waals surface area (Å²) in [4.78, 5) is 13.1. The van der Waals surface area contributed by atoms with Crippen molar-refractivity contribution < 1.29 is 19.0 Å². The highest BCUT2D eigenvalue weighted by molar-refractivity contribution is 6.30. The van der Waals surface area contributed by atoms with Crippen LogP contribution in [0.4, 0.5) is 0 Å². The summed E-state index contributed by atoms with van der Waals surface area (Å²) in [6.07, 6.45) is 3.94. The molecule has 1 fully saturated rings. The van der Waals surface area contributed by atoms with E-state index in [2.05, 4.69) is 20.4 Å². The SMILES string of the molecule is C=CC1CCC(C(C)C)C(OC(=O)C2OC(C)(C)Oc3ccc(Cl)cc32)C1. The molecule has 27 heavy (non-hydrogen) atoms. The number of carbonyl (C=O) groups is 1. The van der Waals surface area contributed by atoms with Gasteiger partial charge in [0.15, 0.2) is 6.10 Å². The van der Waals surface area contributed by atoms with Crippen LogP contribution in [0.2, 0.25) is 5.02 Å². The Morgan fingerprint density at radius 1 is 1.37 bits per heavy atom. The summed E-state index contributed by atoms with van der Waals surface area (Å²) in [5, 5.41) is 0.530. The number of hydrogen-bond acceptors (Lipinski definition) is 4. The minimum absolute atomic E-state index is 0.133. The van der Waals surface area contributed by atoms with Crippen LogP contribution in [0.1, 0.15) is 58.6 Å². The standard InChI is InChI=1S/C22H29ClO4/c1-6-14-7-9-16(13(2)3)19(11-14)25-21(24)20-17-12-15(23)8-10-18(17)26-22(4,5)27-20/h6,8,10,12-14,16,19-20H,1,7,9,11H2,2-5H3. The second-order valence-corrected chi connectivity index (χ2v) is 8.81. The lowest BCUT2D eigenvalue weighted by Gasteiger charge is -2.40. The van der Waals surface area contributed by atoms with Crippen molar-refractivity contribution in [2.24, 2.45) is 17.8 Å². The Bertz CT molecular complexity index is 712. The van der Waals surface area contributed by atoms with Gasteiger partial charge in [-0.05, 0) is 55.2 Å². The van der Waals surface area contributed by atoms with E-state index in [-0.39, 0.29) is 12.1 Å². The molecule has 0 spiro atoms. The topological polar surface area (TPSA) is 44.8 Å². The average molecular weight is 393 g/mol. The van der Waals surface area contributed by atoms with E-state index in [1.54, 1.807) is 32.0 Å². The third kappa shape index (κ3) is 4.49. The summed E-state index contributed by atoms with van der Waals surface area (Å²) < 4.78 is 17.8. The molecule has 0 aromatic heterocycles. The van der Waals surface area contributed by atoms with E-state index in [1.165, 1.54) is 0 Å². The minimum Gasteiger partial charge on any atom is -0.463 e. The van der Waals surface area contributed by atoms with Gasteiger partial charge < -0.3 is 14.2 Å². The maximum absolute atomic E-state index is 13.1. The van der Waals surface area contributed by atoms with Crippen molar-refractivity contribution in [3.8, 4) is 5.75 Å². The number of halogens is 1. The van der Waals surface area contributed by atoms with Crippen molar-refractivity contribution in [3.63, 3.8) is 0 Å². The number of fused-ring (bicyclic) bond motifs is 1. The molecule has 148 valence electrons. The summed E-state index contributed by atoms with van der Waals surface area (Å²) in [7, 11) is 0. The molecule has 2 aliphatic rings. The Labute approximate surface area is 166 Å². The molecular weight excluding hydrogens is 364 g/mol. The molecular formula is C22H29ClO4. The predicted octanol–water partition coefficient (Wildman–Crippen LogP) is 5.70. The van der Waals surface area contributed by atoms with Crippen LogP contribution in [-0.2, 0) is 14.3 Å². The first-order valence-corrected chi connectivity index (χ1v) is 10.1. The average Bonchev–Trinajstić information content (AvgIpc) is 2.60. The van der Waals surface area contributed by atoms with E-state index in [9.17, 15) is 4.79 Å². The molecule has 0 N–H and O–H groups in total. The molecule has 1 aliphatic carbocycles. The van der Waals surface area contributed by atoms with E-state index in [4.69, 9.17) is 25.8 Å². The van der Waals surface area contributed by atoms with E-state index >= 15 is 0 Å². The second-order valence-electron chi connectivity index (χ2n) is 8.37. The maximum Gasteiger partial charge on any atom is 0.340 e. The number of allylic oxidation sites excluding steroid dienone is 1. The van der Waals surface area contributed by atoms with E-state index < -0.39 is 11.9 Å². The zero-order valence-electron chi connectivity index (χ0n) is 16.5. The molecule has 4 unspecified atom stereocenters. The highest BCUT2D eigenvalue weighted by atomic mass is 35.5. The Balaban J connectivity index is 1.84. The summed E-state index contributed by atoms with van der Waals surface area (Å²) in [6.45, 7) is 11.9. The molecule has 1 saturated carbocycles. The van der Waals surface area contributed by atoms with E-state index in [1.807, 2.05) is 6.08 Å². The van der Waals surface area contributed by atoms with Crippen molar-refractivity contribution >= 4 is 17.6 Å². The molecule has 1 aliphatic heterocycles. The van der Waals surface area contributed by atoms with Gasteiger partial charge in [0.2, 0.25) is 5.79 Å². The summed E-state index contributed by atoms with van der Waals surface area (Å²) >= 11 is 6.14. The summed E-state index contributed by atoms with van der Waals surface area (Å²) in [5.41, 5.74) is 0.615. The van der Waals surface area contributed by atoms with Gasteiger partial charge in [0.05, 0.1) is 0 Å². The lowest BCUT2D eigenvalue weighted by Crippen LogP contribution is -2.43. The molecule has 0 bridgehead atoms. The number of esters is 1. The second kappa shape index (κ2) is 7.84. The van der Waals surface area contributed by atoms with Crippen LogP contribution in [0.25, 0.3) is 0 Å². The number of carbonyl (C=O) groups excluding carboxylic acids is 1. The fourth-order valence-corrected chi connectivity index (χ4v) is 4.32. The van der Waals surface area contributed by atoms with Crippen LogP contribution in [0.3, 0.4) is 0 Å². The molecule has 0 radical (unpaired) electrons. The fourth-order valence-electron chi connectivity index (χ4n) is 4.14. The van der Waals surface area contributed by atoms with Crippen LogP contribution < -0.4 is 4.74 Å². The van der Waals surface area contributed by atoms with Crippen molar-refractivity contribution in [2.45, 2.75) is 65.0 Å². The highest BCUT2D eigenvalue weighted by Crippen LogP contribution is 2.42. The van der Waals surface area contributed by atoms with Crippen molar-refractivity contribution in [1.82, 2.24) is 0 Å². The number of hydrogen-bond donors (Lipinski definition) is 0. The molecule has 4 atom stereocenters. The predicted molar refractivity (Wildman–Crippen MR) is 106 cm³/mol. The van der Waals surface area contributed by atoms with E-state index in [0.29, 0.717) is 34.1 Å². The molecule has 1 heterocycles. The van der Waals surface area contributed by atoms with Crippen molar-refractivity contribution in [1.29, 1.82) is 0 Å². The summed E-state index contributed by atoms with van der Waals surface area (Å²) in [5.74, 6) is 0.477. The number of rotatable bonds is 4. The van der Waals surface area contributed by atoms with Crippen molar-refractivity contribution in [2.75, 3.05) is 0 Å². The van der Waals surface area contributed by atoms with Gasteiger partial charge in [-0.1, -0.05) is 31.5 Å². The first-order chi connectivity index (χ1) is 12.7. The van der Waals surface area contributed by atoms with Gasteiger partial charge in [0.25, 0.3) is 0 Å². The Hall–Kier alpha value is -1.52. The zero-order valence-corrected chi connectivity index (χ0v) is 17.3. The Morgan fingerprint density at radius 3 is 2.78 bits per heavy atom. The van der Waals surface area contributed by atoms with E-state index in [0.717, 1.165) is 19.3 Å². The first kappa shape index (κ1) is 20.2. The molecule has 4 nitrogen and oxygen atoms in total. The quantitative estimate of drug-likeness (QED) is 0.487. The maximum atomic E-state index is 13.1. The molecule has 5 heteroatoms. The van der Waals surface area contributed by atoms with Gasteiger partial charge in [0.1, 0.15) is 11.9 Å².